The summed E-state index contributed by atoms with van der Waals surface area (Å²) in [7, 11) is 0. The molecule has 0 fully saturated rings. The van der Waals surface area contributed by atoms with Crippen molar-refractivity contribution in [3.63, 3.8) is 0 Å². The molecule has 10 aromatic rings. The smallest absolute Gasteiger partial charge is 0.135 e. The van der Waals surface area contributed by atoms with Crippen LogP contribution in [0.2, 0.25) is 0 Å². The number of rotatable bonds is 4. The molecule has 0 spiro atoms. The van der Waals surface area contributed by atoms with Gasteiger partial charge in [-0.2, -0.15) is 0 Å². The highest BCUT2D eigenvalue weighted by Gasteiger charge is 2.29. The summed E-state index contributed by atoms with van der Waals surface area (Å²) in [4.78, 5) is 5.43. The Morgan fingerprint density at radius 3 is 2.24 bits per heavy atom. The molecule has 3 aromatic heterocycles. The molecule has 51 heavy (non-hydrogen) atoms. The van der Waals surface area contributed by atoms with Gasteiger partial charge in [0.15, 0.2) is 0 Å². The van der Waals surface area contributed by atoms with Crippen molar-refractivity contribution in [2.45, 2.75) is 12.3 Å². The van der Waals surface area contributed by atoms with Crippen LogP contribution >= 0.6 is 11.3 Å². The number of hydrogen-bond acceptors (Lipinski definition) is 5. The van der Waals surface area contributed by atoms with E-state index >= 15 is 0 Å². The molecule has 1 aliphatic rings. The summed E-state index contributed by atoms with van der Waals surface area (Å²) in [5.74, 6) is 0.857. The van der Waals surface area contributed by atoms with Crippen molar-refractivity contribution in [3.05, 3.63) is 174 Å². The van der Waals surface area contributed by atoms with Crippen LogP contribution in [0.15, 0.2) is 167 Å². The Morgan fingerprint density at radius 1 is 0.588 bits per heavy atom. The number of nitrogens with one attached hydrogen (secondary N) is 2. The van der Waals surface area contributed by atoms with Crippen molar-refractivity contribution in [1.82, 2.24) is 15.2 Å². The van der Waals surface area contributed by atoms with E-state index in [1.165, 1.54) is 36.5 Å². The van der Waals surface area contributed by atoms with Crippen LogP contribution in [-0.2, 0) is 0 Å². The number of amidine groups is 1. The number of nitrogens with zero attached hydrogens (tertiary/aromatic N) is 2. The number of thiophene rings is 1. The Morgan fingerprint density at radius 2 is 1.31 bits per heavy atom. The SMILES string of the molecule is c1ccc(C2N=C(c3cccc4c5ccccc5n(-c5ccc6oc7ccccc7c6c5)c34)NC(c3cccc4c3sc3ccccc34)N2)cc1. The van der Waals surface area contributed by atoms with E-state index in [0.717, 1.165) is 55.6 Å². The average Bonchev–Trinajstić information content (AvgIpc) is 3.87. The monoisotopic (exact) mass is 674 g/mol. The molecule has 0 saturated carbocycles. The normalized spacial score (nSPS) is 16.4. The molecular formula is C45H30N4OS. The molecule has 0 bridgehead atoms. The predicted molar refractivity (Wildman–Crippen MR) is 212 cm³/mol. The maximum absolute atomic E-state index is 6.23. The van der Waals surface area contributed by atoms with Crippen molar-refractivity contribution in [2.24, 2.45) is 4.99 Å². The number of fused-ring (bicyclic) bond motifs is 9. The van der Waals surface area contributed by atoms with Crippen molar-refractivity contribution < 1.29 is 4.42 Å². The lowest BCUT2D eigenvalue weighted by atomic mass is 10.0. The van der Waals surface area contributed by atoms with Gasteiger partial charge >= 0.3 is 0 Å². The maximum atomic E-state index is 6.23. The van der Waals surface area contributed by atoms with Crippen LogP contribution in [0.3, 0.4) is 0 Å². The first-order valence-corrected chi connectivity index (χ1v) is 18.1. The fourth-order valence-corrected chi connectivity index (χ4v) is 9.23. The highest BCUT2D eigenvalue weighted by atomic mass is 32.1. The topological polar surface area (TPSA) is 54.5 Å². The minimum Gasteiger partial charge on any atom is -0.456 e. The molecule has 0 aliphatic carbocycles. The molecule has 2 atom stereocenters. The summed E-state index contributed by atoms with van der Waals surface area (Å²) < 4.78 is 11.2. The molecule has 6 heteroatoms. The lowest BCUT2D eigenvalue weighted by Crippen LogP contribution is -2.45. The second-order valence-electron chi connectivity index (χ2n) is 13.2. The van der Waals surface area contributed by atoms with Crippen molar-refractivity contribution in [3.8, 4) is 5.69 Å². The second kappa shape index (κ2) is 11.2. The molecular weight excluding hydrogens is 645 g/mol. The summed E-state index contributed by atoms with van der Waals surface area (Å²) >= 11 is 1.85. The second-order valence-corrected chi connectivity index (χ2v) is 14.2. The molecule has 2 N–H and O–H groups in total. The molecule has 11 rings (SSSR count). The first-order chi connectivity index (χ1) is 25.3. The van der Waals surface area contributed by atoms with Crippen LogP contribution in [-0.4, -0.2) is 10.4 Å². The van der Waals surface area contributed by atoms with Gasteiger partial charge in [0, 0.05) is 58.5 Å². The quantitative estimate of drug-likeness (QED) is 0.195. The highest BCUT2D eigenvalue weighted by molar-refractivity contribution is 7.26. The van der Waals surface area contributed by atoms with Crippen LogP contribution < -0.4 is 10.6 Å². The zero-order chi connectivity index (χ0) is 33.5. The third-order valence-electron chi connectivity index (χ3n) is 10.3. The predicted octanol–water partition coefficient (Wildman–Crippen LogP) is 11.4. The Hall–Kier alpha value is -6.21. The first kappa shape index (κ1) is 28.6. The number of benzene rings is 7. The zero-order valence-electron chi connectivity index (χ0n) is 27.4. The Labute approximate surface area is 297 Å². The standard InChI is InChI=1S/C45H30N4OS/c1-2-12-27(13-3-1)43-46-44(48-45(47-43)35-20-11-18-33-31-16-6-9-23-40(31)51-42(33)35)34-19-10-17-32-29-14-4-7-21-37(29)49(41(32)34)28-24-25-39-36(26-28)30-15-5-8-22-38(30)50-39/h1-26,43,45,47H,(H,46,48). The van der Waals surface area contributed by atoms with E-state index in [1.807, 2.05) is 23.5 Å². The Bertz CT molecular complexity index is 3010. The molecule has 4 heterocycles. The third kappa shape index (κ3) is 4.40. The van der Waals surface area contributed by atoms with Gasteiger partial charge in [0.25, 0.3) is 0 Å². The Balaban J connectivity index is 1.15. The van der Waals surface area contributed by atoms with E-state index in [0.29, 0.717) is 0 Å². The largest absolute Gasteiger partial charge is 0.456 e. The average molecular weight is 675 g/mol. The van der Waals surface area contributed by atoms with Gasteiger partial charge in [-0.3, -0.25) is 5.32 Å². The number of aliphatic imine (C=N–C) groups is 1. The van der Waals surface area contributed by atoms with E-state index in [9.17, 15) is 0 Å². The summed E-state index contributed by atoms with van der Waals surface area (Å²) in [5.41, 5.74) is 8.51. The summed E-state index contributed by atoms with van der Waals surface area (Å²) in [6, 6.07) is 56.0. The van der Waals surface area contributed by atoms with Crippen molar-refractivity contribution >= 4 is 81.1 Å². The minimum absolute atomic E-state index is 0.179. The van der Waals surface area contributed by atoms with E-state index in [1.54, 1.807) is 0 Å². The van der Waals surface area contributed by atoms with Crippen molar-refractivity contribution in [1.29, 1.82) is 0 Å². The molecule has 0 radical (unpaired) electrons. The minimum atomic E-state index is -0.251. The first-order valence-electron chi connectivity index (χ1n) is 17.3. The fourth-order valence-electron chi connectivity index (χ4n) is 7.99. The van der Waals surface area contributed by atoms with Gasteiger partial charge in [0.1, 0.15) is 29.3 Å². The third-order valence-corrected chi connectivity index (χ3v) is 11.5. The maximum Gasteiger partial charge on any atom is 0.135 e. The number of para-hydroxylation sites is 3. The lowest BCUT2D eigenvalue weighted by Gasteiger charge is -2.32. The molecule has 1 aliphatic heterocycles. The van der Waals surface area contributed by atoms with Gasteiger partial charge in [-0.05, 0) is 48.0 Å². The summed E-state index contributed by atoms with van der Waals surface area (Å²) in [6.45, 7) is 0. The molecule has 2 unspecified atom stereocenters. The van der Waals surface area contributed by atoms with Crippen LogP contribution in [0.25, 0.3) is 69.6 Å². The van der Waals surface area contributed by atoms with Crippen LogP contribution in [0, 0.1) is 0 Å². The van der Waals surface area contributed by atoms with Crippen molar-refractivity contribution in [2.75, 3.05) is 0 Å². The van der Waals surface area contributed by atoms with Gasteiger partial charge in [-0.25, -0.2) is 4.99 Å². The summed E-state index contributed by atoms with van der Waals surface area (Å²) in [6.07, 6.45) is -0.431. The van der Waals surface area contributed by atoms with E-state index in [4.69, 9.17) is 9.41 Å². The van der Waals surface area contributed by atoms with Gasteiger partial charge in [-0.1, -0.05) is 115 Å². The summed E-state index contributed by atoms with van der Waals surface area (Å²) in [5, 5.41) is 14.9. The Kier molecular flexibility index (Phi) is 6.26. The van der Waals surface area contributed by atoms with Gasteiger partial charge in [0.05, 0.1) is 11.0 Å². The highest BCUT2D eigenvalue weighted by Crippen LogP contribution is 2.40. The number of furan rings is 1. The van der Waals surface area contributed by atoms with E-state index in [-0.39, 0.29) is 12.3 Å². The molecule has 7 aromatic carbocycles. The number of hydrogen-bond donors (Lipinski definition) is 2. The van der Waals surface area contributed by atoms with Crippen LogP contribution in [0.4, 0.5) is 0 Å². The van der Waals surface area contributed by atoms with Gasteiger partial charge in [0.2, 0.25) is 0 Å². The molecule has 0 saturated heterocycles. The molecule has 5 nitrogen and oxygen atoms in total. The van der Waals surface area contributed by atoms with E-state index < -0.39 is 0 Å². The lowest BCUT2D eigenvalue weighted by molar-refractivity contribution is 0.411. The van der Waals surface area contributed by atoms with Gasteiger partial charge < -0.3 is 14.3 Å². The fraction of sp³-hybridized carbons (Fsp3) is 0.0444. The zero-order valence-corrected chi connectivity index (χ0v) is 28.2. The molecule has 0 amide bonds. The van der Waals surface area contributed by atoms with Gasteiger partial charge in [-0.15, -0.1) is 11.3 Å². The van der Waals surface area contributed by atoms with E-state index in [2.05, 4.69) is 161 Å². The van der Waals surface area contributed by atoms with Crippen LogP contribution in [0.5, 0.6) is 0 Å². The van der Waals surface area contributed by atoms with Crippen LogP contribution in [0.1, 0.15) is 29.0 Å². The number of aromatic nitrogens is 1. The molecule has 242 valence electrons.